The minimum atomic E-state index is -0.916. The average molecular weight is 425 g/mol. The minimum absolute atomic E-state index is 0.0590. The van der Waals surface area contributed by atoms with Crippen molar-refractivity contribution in [3.05, 3.63) is 82.1 Å². The van der Waals surface area contributed by atoms with Crippen molar-refractivity contribution in [2.75, 3.05) is 12.0 Å². The van der Waals surface area contributed by atoms with Gasteiger partial charge in [0, 0.05) is 16.7 Å². The Kier molecular flexibility index (Phi) is 5.05. The molecule has 1 saturated heterocycles. The molecule has 0 spiro atoms. The van der Waals surface area contributed by atoms with E-state index in [2.05, 4.69) is 5.16 Å². The van der Waals surface area contributed by atoms with Crippen LogP contribution in [-0.4, -0.2) is 29.1 Å². The molecule has 1 aliphatic rings. The number of ketones is 1. The molecule has 0 aliphatic carbocycles. The number of benzene rings is 2. The van der Waals surface area contributed by atoms with Gasteiger partial charge in [0.1, 0.15) is 17.3 Å². The Balaban J connectivity index is 1.95. The molecule has 0 radical (unpaired) electrons. The lowest BCUT2D eigenvalue weighted by atomic mass is 9.95. The van der Waals surface area contributed by atoms with Gasteiger partial charge < -0.3 is 14.4 Å². The molecule has 3 aromatic rings. The van der Waals surface area contributed by atoms with Gasteiger partial charge in [-0.15, -0.1) is 0 Å². The molecule has 1 N–H and O–H groups in total. The Morgan fingerprint density at radius 1 is 1.17 bits per heavy atom. The van der Waals surface area contributed by atoms with Gasteiger partial charge in [-0.25, -0.2) is 0 Å². The van der Waals surface area contributed by atoms with Crippen LogP contribution in [0.4, 0.5) is 5.82 Å². The number of carbonyl (C=O) groups is 2. The third-order valence-electron chi connectivity index (χ3n) is 4.83. The zero-order valence-corrected chi connectivity index (χ0v) is 16.9. The van der Waals surface area contributed by atoms with E-state index < -0.39 is 17.7 Å². The molecule has 2 aromatic carbocycles. The summed E-state index contributed by atoms with van der Waals surface area (Å²) < 4.78 is 10.4. The molecule has 1 unspecified atom stereocenters. The van der Waals surface area contributed by atoms with Crippen LogP contribution in [0.25, 0.3) is 5.76 Å². The summed E-state index contributed by atoms with van der Waals surface area (Å²) in [5.74, 6) is -0.740. The zero-order valence-electron chi connectivity index (χ0n) is 16.1. The summed E-state index contributed by atoms with van der Waals surface area (Å²) in [6.45, 7) is 1.68. The van der Waals surface area contributed by atoms with Crippen LogP contribution in [0.15, 0.2) is 64.7 Å². The van der Waals surface area contributed by atoms with E-state index >= 15 is 0 Å². The number of hydrogen-bond acceptors (Lipinski definition) is 6. The molecule has 7 nitrogen and oxygen atoms in total. The van der Waals surface area contributed by atoms with E-state index in [1.165, 1.54) is 12.0 Å². The Morgan fingerprint density at radius 2 is 1.90 bits per heavy atom. The summed E-state index contributed by atoms with van der Waals surface area (Å²) in [5.41, 5.74) is 0.877. The summed E-state index contributed by atoms with van der Waals surface area (Å²) in [7, 11) is 1.52. The molecule has 8 heteroatoms. The lowest BCUT2D eigenvalue weighted by Gasteiger charge is -2.23. The lowest BCUT2D eigenvalue weighted by Crippen LogP contribution is -2.29. The van der Waals surface area contributed by atoms with E-state index in [-0.39, 0.29) is 17.2 Å². The molecule has 0 saturated carbocycles. The maximum atomic E-state index is 13.0. The largest absolute Gasteiger partial charge is 0.507 e. The summed E-state index contributed by atoms with van der Waals surface area (Å²) in [4.78, 5) is 27.2. The Labute approximate surface area is 177 Å². The van der Waals surface area contributed by atoms with E-state index in [0.29, 0.717) is 27.7 Å². The number of anilines is 1. The highest BCUT2D eigenvalue weighted by Gasteiger charge is 2.48. The quantitative estimate of drug-likeness (QED) is 0.382. The number of nitrogens with zero attached hydrogens (tertiary/aromatic N) is 2. The third-order valence-corrected chi connectivity index (χ3v) is 5.09. The SMILES string of the molecule is COc1cccc(C2C(=C(O)c3ccc(Cl)cc3)C(=O)C(=O)N2c2cc(C)on2)c1. The number of carbonyl (C=O) groups excluding carboxylic acids is 2. The molecule has 30 heavy (non-hydrogen) atoms. The molecule has 152 valence electrons. The predicted octanol–water partition coefficient (Wildman–Crippen LogP) is 4.27. The van der Waals surface area contributed by atoms with Gasteiger partial charge in [0.05, 0.1) is 18.7 Å². The van der Waals surface area contributed by atoms with Crippen LogP contribution in [-0.2, 0) is 9.59 Å². The fourth-order valence-electron chi connectivity index (χ4n) is 3.43. The maximum absolute atomic E-state index is 13.0. The van der Waals surface area contributed by atoms with E-state index in [4.69, 9.17) is 20.9 Å². The van der Waals surface area contributed by atoms with E-state index in [0.717, 1.165) is 0 Å². The summed E-state index contributed by atoms with van der Waals surface area (Å²) in [6.07, 6.45) is 0. The summed E-state index contributed by atoms with van der Waals surface area (Å²) in [6, 6.07) is 13.9. The van der Waals surface area contributed by atoms with Crippen molar-refractivity contribution in [1.82, 2.24) is 5.16 Å². The van der Waals surface area contributed by atoms with Crippen molar-refractivity contribution in [1.29, 1.82) is 0 Å². The van der Waals surface area contributed by atoms with Crippen molar-refractivity contribution in [2.24, 2.45) is 0 Å². The van der Waals surface area contributed by atoms with E-state index in [1.807, 2.05) is 0 Å². The van der Waals surface area contributed by atoms with Crippen LogP contribution in [0.2, 0.25) is 5.02 Å². The highest BCUT2D eigenvalue weighted by molar-refractivity contribution is 6.51. The second-order valence-corrected chi connectivity index (χ2v) is 7.18. The second-order valence-electron chi connectivity index (χ2n) is 6.75. The van der Waals surface area contributed by atoms with Gasteiger partial charge in [-0.3, -0.25) is 14.5 Å². The summed E-state index contributed by atoms with van der Waals surface area (Å²) in [5, 5.41) is 15.4. The molecule has 1 atom stereocenters. The topological polar surface area (TPSA) is 92.9 Å². The average Bonchev–Trinajstić information content (AvgIpc) is 3.29. The van der Waals surface area contributed by atoms with Gasteiger partial charge in [0.25, 0.3) is 5.78 Å². The third kappa shape index (κ3) is 3.33. The number of aromatic nitrogens is 1. The number of methoxy groups -OCH3 is 1. The Hall–Kier alpha value is -3.58. The van der Waals surface area contributed by atoms with Crippen molar-refractivity contribution in [3.8, 4) is 5.75 Å². The van der Waals surface area contributed by atoms with Crippen LogP contribution >= 0.6 is 11.6 Å². The molecule has 1 aromatic heterocycles. The number of aliphatic hydroxyl groups excluding tert-OH is 1. The number of Topliss-reactive ketones (excluding diaryl/α,β-unsaturated/α-hetero) is 1. The van der Waals surface area contributed by atoms with Gasteiger partial charge in [-0.05, 0) is 48.9 Å². The number of amides is 1. The molecule has 1 aliphatic heterocycles. The highest BCUT2D eigenvalue weighted by Crippen LogP contribution is 2.42. The van der Waals surface area contributed by atoms with Gasteiger partial charge >= 0.3 is 5.91 Å². The Bertz CT molecular complexity index is 1170. The number of aliphatic hydroxyl groups is 1. The van der Waals surface area contributed by atoms with Crippen molar-refractivity contribution in [2.45, 2.75) is 13.0 Å². The highest BCUT2D eigenvalue weighted by atomic mass is 35.5. The first-order valence-corrected chi connectivity index (χ1v) is 9.42. The number of rotatable bonds is 4. The Morgan fingerprint density at radius 3 is 2.53 bits per heavy atom. The first-order chi connectivity index (χ1) is 14.4. The van der Waals surface area contributed by atoms with Crippen molar-refractivity contribution >= 4 is 34.9 Å². The predicted molar refractivity (Wildman–Crippen MR) is 110 cm³/mol. The van der Waals surface area contributed by atoms with Crippen LogP contribution in [0.3, 0.4) is 0 Å². The first kappa shape index (κ1) is 19.7. The smallest absolute Gasteiger partial charge is 0.301 e. The zero-order chi connectivity index (χ0) is 21.4. The molecule has 2 heterocycles. The minimum Gasteiger partial charge on any atom is -0.507 e. The maximum Gasteiger partial charge on any atom is 0.301 e. The van der Waals surface area contributed by atoms with E-state index in [1.54, 1.807) is 61.5 Å². The normalized spacial score (nSPS) is 18.1. The van der Waals surface area contributed by atoms with Crippen molar-refractivity contribution in [3.63, 3.8) is 0 Å². The number of aryl methyl sites for hydroxylation is 1. The van der Waals surface area contributed by atoms with Crippen LogP contribution < -0.4 is 9.64 Å². The molecule has 1 amide bonds. The van der Waals surface area contributed by atoms with Crippen LogP contribution in [0.5, 0.6) is 5.75 Å². The second kappa shape index (κ2) is 7.68. The molecule has 0 bridgehead atoms. The van der Waals surface area contributed by atoms with Crippen molar-refractivity contribution < 1.29 is 24.0 Å². The number of hydrogen-bond donors (Lipinski definition) is 1. The van der Waals surface area contributed by atoms with Gasteiger partial charge in [-0.1, -0.05) is 28.9 Å². The van der Waals surface area contributed by atoms with Gasteiger partial charge in [0.15, 0.2) is 5.82 Å². The molecular formula is C22H17ClN2O5. The van der Waals surface area contributed by atoms with Crippen LogP contribution in [0.1, 0.15) is 22.9 Å². The molecule has 1 fully saturated rings. The molecule has 4 rings (SSSR count). The standard InChI is InChI=1S/C22H17ClN2O5/c1-12-10-17(24-30-12)25-19(14-4-3-5-16(11-14)29-2)18(21(27)22(25)28)20(26)13-6-8-15(23)9-7-13/h3-11,19,26H,1-2H3. The number of halogens is 1. The van der Waals surface area contributed by atoms with E-state index in [9.17, 15) is 14.7 Å². The first-order valence-electron chi connectivity index (χ1n) is 9.05. The van der Waals surface area contributed by atoms with Gasteiger partial charge in [-0.2, -0.15) is 0 Å². The van der Waals surface area contributed by atoms with Crippen LogP contribution in [0, 0.1) is 6.92 Å². The molecular weight excluding hydrogens is 408 g/mol. The summed E-state index contributed by atoms with van der Waals surface area (Å²) >= 11 is 5.93. The van der Waals surface area contributed by atoms with Gasteiger partial charge in [0.2, 0.25) is 0 Å². The fourth-order valence-corrected chi connectivity index (χ4v) is 3.55. The lowest BCUT2D eigenvalue weighted by molar-refractivity contribution is -0.132. The fraction of sp³-hybridized carbons (Fsp3) is 0.136. The monoisotopic (exact) mass is 424 g/mol. The number of ether oxygens (including phenoxy) is 1.